The van der Waals surface area contributed by atoms with Gasteiger partial charge in [-0.2, -0.15) is 0 Å². The highest BCUT2D eigenvalue weighted by molar-refractivity contribution is 5.33. The van der Waals surface area contributed by atoms with Crippen LogP contribution in [0.4, 0.5) is 0 Å². The third kappa shape index (κ3) is 4.68. The number of likely N-dealkylation sites (N-methyl/N-ethyl adjacent to an activating group) is 1. The Kier molecular flexibility index (Phi) is 4.98. The fraction of sp³-hybridized carbons (Fsp3) is 0.500. The predicted octanol–water partition coefficient (Wildman–Crippen LogP) is 1.51. The Balaban J connectivity index is 1.81. The van der Waals surface area contributed by atoms with Gasteiger partial charge in [-0.3, -0.25) is 4.90 Å². The Morgan fingerprint density at radius 3 is 2.63 bits per heavy atom. The Hall–Kier alpha value is -1.34. The highest BCUT2D eigenvalue weighted by Crippen LogP contribution is 2.20. The molecule has 19 heavy (non-hydrogen) atoms. The normalized spacial score (nSPS) is 17.8. The summed E-state index contributed by atoms with van der Waals surface area (Å²) in [5.41, 5.74) is 0.419. The third-order valence-corrected chi connectivity index (χ3v) is 3.34. The van der Waals surface area contributed by atoms with Crippen LogP contribution in [0.25, 0.3) is 0 Å². The molecular weight excluding hydrogens is 238 g/mol. The molecule has 1 aliphatic heterocycles. The summed E-state index contributed by atoms with van der Waals surface area (Å²) >= 11 is 0. The second-order valence-electron chi connectivity index (χ2n) is 5.18. The van der Waals surface area contributed by atoms with E-state index in [9.17, 15) is 5.11 Å². The molecule has 1 fully saturated rings. The molecule has 1 aliphatic rings. The molecule has 1 N–H and O–H groups in total. The third-order valence-electron chi connectivity index (χ3n) is 3.34. The van der Waals surface area contributed by atoms with Crippen molar-refractivity contribution < 1.29 is 9.84 Å². The van der Waals surface area contributed by atoms with Crippen molar-refractivity contribution in [1.29, 1.82) is 0 Å². The molecule has 1 aromatic rings. The van der Waals surface area contributed by atoms with Crippen LogP contribution in [-0.4, -0.2) is 49.0 Å². The number of benzene rings is 1. The monoisotopic (exact) mass is 259 g/mol. The summed E-state index contributed by atoms with van der Waals surface area (Å²) in [4.78, 5) is 2.07. The molecule has 2 rings (SSSR count). The summed E-state index contributed by atoms with van der Waals surface area (Å²) in [6.07, 6.45) is 1.42. The van der Waals surface area contributed by atoms with Crippen LogP contribution in [0.1, 0.15) is 18.4 Å². The van der Waals surface area contributed by atoms with Gasteiger partial charge in [0.25, 0.3) is 0 Å². The lowest BCUT2D eigenvalue weighted by Crippen LogP contribution is -2.45. The number of aliphatic hydroxyl groups is 1. The Morgan fingerprint density at radius 1 is 1.26 bits per heavy atom. The Bertz CT molecular complexity index is 441. The smallest absolute Gasteiger partial charge is 0.0818 e. The highest BCUT2D eigenvalue weighted by Gasteiger charge is 2.30. The molecule has 0 atom stereocenters. The molecule has 3 nitrogen and oxygen atoms in total. The first-order chi connectivity index (χ1) is 9.18. The number of hydrogen-bond donors (Lipinski definition) is 1. The van der Waals surface area contributed by atoms with Crippen molar-refractivity contribution >= 4 is 0 Å². The average molecular weight is 259 g/mol. The van der Waals surface area contributed by atoms with Crippen LogP contribution in [0.15, 0.2) is 30.3 Å². The molecule has 102 valence electrons. The van der Waals surface area contributed by atoms with E-state index in [-0.39, 0.29) is 0 Å². The maximum atomic E-state index is 10.4. The predicted molar refractivity (Wildman–Crippen MR) is 75.8 cm³/mol. The summed E-state index contributed by atoms with van der Waals surface area (Å²) in [5.74, 6) is 6.27. The van der Waals surface area contributed by atoms with E-state index >= 15 is 0 Å². The van der Waals surface area contributed by atoms with Gasteiger partial charge in [0, 0.05) is 38.2 Å². The zero-order valence-electron chi connectivity index (χ0n) is 11.4. The van der Waals surface area contributed by atoms with E-state index in [1.54, 1.807) is 0 Å². The van der Waals surface area contributed by atoms with Crippen LogP contribution in [0.2, 0.25) is 0 Å². The van der Waals surface area contributed by atoms with Crippen molar-refractivity contribution in [3.05, 3.63) is 35.9 Å². The number of hydrogen-bond acceptors (Lipinski definition) is 3. The maximum Gasteiger partial charge on any atom is 0.0818 e. The van der Waals surface area contributed by atoms with Gasteiger partial charge in [-0.1, -0.05) is 30.0 Å². The fourth-order valence-electron chi connectivity index (χ4n) is 2.27. The van der Waals surface area contributed by atoms with Gasteiger partial charge in [0.15, 0.2) is 0 Å². The van der Waals surface area contributed by atoms with Crippen molar-refractivity contribution in [1.82, 2.24) is 4.90 Å². The first kappa shape index (κ1) is 14.1. The van der Waals surface area contributed by atoms with Gasteiger partial charge in [0.1, 0.15) is 0 Å². The summed E-state index contributed by atoms with van der Waals surface area (Å²) in [5, 5.41) is 10.4. The number of nitrogens with zero attached hydrogens (tertiary/aromatic N) is 1. The Morgan fingerprint density at radius 2 is 1.95 bits per heavy atom. The molecule has 0 aliphatic carbocycles. The fourth-order valence-corrected chi connectivity index (χ4v) is 2.27. The molecule has 0 saturated carbocycles. The average Bonchev–Trinajstić information content (AvgIpc) is 2.40. The van der Waals surface area contributed by atoms with Crippen molar-refractivity contribution in [3.8, 4) is 11.8 Å². The summed E-state index contributed by atoms with van der Waals surface area (Å²) in [7, 11) is 1.99. The molecule has 0 unspecified atom stereocenters. The molecular formula is C16H21NO2. The lowest BCUT2D eigenvalue weighted by atomic mass is 9.94. The van der Waals surface area contributed by atoms with E-state index in [0.29, 0.717) is 39.1 Å². The second-order valence-corrected chi connectivity index (χ2v) is 5.18. The van der Waals surface area contributed by atoms with E-state index < -0.39 is 5.60 Å². The van der Waals surface area contributed by atoms with E-state index in [2.05, 4.69) is 16.7 Å². The van der Waals surface area contributed by atoms with E-state index in [1.165, 1.54) is 0 Å². The van der Waals surface area contributed by atoms with Gasteiger partial charge in [-0.25, -0.2) is 0 Å². The van der Waals surface area contributed by atoms with Crippen molar-refractivity contribution in [2.75, 3.05) is 33.4 Å². The minimum absolute atomic E-state index is 0.610. The molecule has 3 heteroatoms. The quantitative estimate of drug-likeness (QED) is 0.835. The number of rotatable bonds is 3. The van der Waals surface area contributed by atoms with Crippen LogP contribution >= 0.6 is 0 Å². The molecule has 0 amide bonds. The van der Waals surface area contributed by atoms with Gasteiger partial charge in [-0.05, 0) is 19.2 Å². The molecule has 1 aromatic carbocycles. The van der Waals surface area contributed by atoms with E-state index in [4.69, 9.17) is 4.74 Å². The van der Waals surface area contributed by atoms with Crippen LogP contribution in [-0.2, 0) is 4.74 Å². The van der Waals surface area contributed by atoms with E-state index in [0.717, 1.165) is 5.56 Å². The molecule has 1 heterocycles. The molecule has 0 spiro atoms. The van der Waals surface area contributed by atoms with Crippen molar-refractivity contribution in [2.24, 2.45) is 0 Å². The zero-order chi connectivity index (χ0) is 13.6. The zero-order valence-corrected chi connectivity index (χ0v) is 11.4. The number of ether oxygens (including phenoxy) is 1. The van der Waals surface area contributed by atoms with Gasteiger partial charge >= 0.3 is 0 Å². The minimum atomic E-state index is -0.610. The van der Waals surface area contributed by atoms with Crippen LogP contribution < -0.4 is 0 Å². The summed E-state index contributed by atoms with van der Waals surface area (Å²) < 4.78 is 5.28. The maximum absolute atomic E-state index is 10.4. The summed E-state index contributed by atoms with van der Waals surface area (Å²) in [6, 6.07) is 9.95. The van der Waals surface area contributed by atoms with Crippen LogP contribution in [0.5, 0.6) is 0 Å². The van der Waals surface area contributed by atoms with Gasteiger partial charge < -0.3 is 9.84 Å². The highest BCUT2D eigenvalue weighted by atomic mass is 16.5. The van der Waals surface area contributed by atoms with Crippen molar-refractivity contribution in [3.63, 3.8) is 0 Å². The molecule has 1 saturated heterocycles. The van der Waals surface area contributed by atoms with Gasteiger partial charge in [-0.15, -0.1) is 0 Å². The SMILES string of the molecule is CN(CC#Cc1ccccc1)CC1(O)CCOCC1. The molecule has 0 bridgehead atoms. The first-order valence-electron chi connectivity index (χ1n) is 6.71. The largest absolute Gasteiger partial charge is 0.388 e. The van der Waals surface area contributed by atoms with Crippen LogP contribution in [0, 0.1) is 11.8 Å². The first-order valence-corrected chi connectivity index (χ1v) is 6.71. The second kappa shape index (κ2) is 6.72. The standard InChI is InChI=1S/C16H21NO2/c1-17(14-16(18)9-12-19-13-10-16)11-5-8-15-6-3-2-4-7-15/h2-4,6-7,18H,9-14H2,1H3. The van der Waals surface area contributed by atoms with Gasteiger partial charge in [0.2, 0.25) is 0 Å². The lowest BCUT2D eigenvalue weighted by Gasteiger charge is -2.34. The van der Waals surface area contributed by atoms with Crippen LogP contribution in [0.3, 0.4) is 0 Å². The van der Waals surface area contributed by atoms with E-state index in [1.807, 2.05) is 37.4 Å². The molecule has 0 radical (unpaired) electrons. The summed E-state index contributed by atoms with van der Waals surface area (Å²) in [6.45, 7) is 2.62. The topological polar surface area (TPSA) is 32.7 Å². The molecule has 0 aromatic heterocycles. The minimum Gasteiger partial charge on any atom is -0.388 e. The lowest BCUT2D eigenvalue weighted by molar-refractivity contribution is -0.0754. The Labute approximate surface area is 115 Å². The van der Waals surface area contributed by atoms with Gasteiger partial charge in [0.05, 0.1) is 12.1 Å². The van der Waals surface area contributed by atoms with Crippen molar-refractivity contribution in [2.45, 2.75) is 18.4 Å².